The molecular formula is C16H22BrN3O. The highest BCUT2D eigenvalue weighted by atomic mass is 79.9. The molecule has 0 aromatic heterocycles. The number of nitrogens with zero attached hydrogens (tertiary/aromatic N) is 1. The van der Waals surface area contributed by atoms with Gasteiger partial charge in [0.2, 0.25) is 5.91 Å². The van der Waals surface area contributed by atoms with Crippen molar-refractivity contribution in [3.05, 3.63) is 22.2 Å². The van der Waals surface area contributed by atoms with Gasteiger partial charge in [-0.25, -0.2) is 0 Å². The van der Waals surface area contributed by atoms with Crippen molar-refractivity contribution in [3.8, 4) is 0 Å². The highest BCUT2D eigenvalue weighted by molar-refractivity contribution is 9.10. The van der Waals surface area contributed by atoms with E-state index in [2.05, 4.69) is 46.1 Å². The van der Waals surface area contributed by atoms with E-state index in [1.807, 2.05) is 6.07 Å². The van der Waals surface area contributed by atoms with Crippen LogP contribution in [0.5, 0.6) is 0 Å². The Kier molecular flexibility index (Phi) is 3.74. The van der Waals surface area contributed by atoms with Crippen LogP contribution in [0.4, 0.5) is 11.4 Å². The Morgan fingerprint density at radius 1 is 1.43 bits per heavy atom. The summed E-state index contributed by atoms with van der Waals surface area (Å²) in [5.74, 6) is -0.119. The molecule has 0 saturated carbocycles. The fourth-order valence-electron chi connectivity index (χ4n) is 3.50. The zero-order valence-electron chi connectivity index (χ0n) is 12.6. The molecule has 2 heterocycles. The predicted octanol–water partition coefficient (Wildman–Crippen LogP) is 3.42. The van der Waals surface area contributed by atoms with Crippen molar-refractivity contribution in [2.75, 3.05) is 23.3 Å². The fourth-order valence-corrected chi connectivity index (χ4v) is 4.12. The maximum atomic E-state index is 11.7. The highest BCUT2D eigenvalue weighted by Gasteiger charge is 2.36. The first-order chi connectivity index (χ1) is 9.99. The molecule has 114 valence electrons. The number of carbonyl (C=O) groups excluding carboxylic acids is 1. The molecule has 0 aliphatic carbocycles. The van der Waals surface area contributed by atoms with E-state index in [0.29, 0.717) is 5.41 Å². The Morgan fingerprint density at radius 3 is 2.76 bits per heavy atom. The number of nitrogens with two attached hydrogens (primary N) is 1. The lowest BCUT2D eigenvalue weighted by Gasteiger charge is -2.28. The zero-order valence-corrected chi connectivity index (χ0v) is 14.2. The number of nitrogens with one attached hydrogen (secondary N) is 1. The number of amides is 1. The molecule has 2 aliphatic rings. The Hall–Kier alpha value is -1.07. The molecule has 1 atom stereocenters. The van der Waals surface area contributed by atoms with E-state index >= 15 is 0 Å². The van der Waals surface area contributed by atoms with Crippen LogP contribution in [0.15, 0.2) is 16.6 Å². The summed E-state index contributed by atoms with van der Waals surface area (Å²) in [5.41, 5.74) is 9.23. The SMILES string of the molecule is CCC1(CC)CCN(c2cc3c(cc2Br)C(N)C(=O)N3)C1. The number of anilines is 2. The lowest BCUT2D eigenvalue weighted by Crippen LogP contribution is -2.26. The summed E-state index contributed by atoms with van der Waals surface area (Å²) in [7, 11) is 0. The van der Waals surface area contributed by atoms with E-state index in [1.165, 1.54) is 19.3 Å². The van der Waals surface area contributed by atoms with Gasteiger partial charge in [-0.05, 0) is 52.7 Å². The van der Waals surface area contributed by atoms with Gasteiger partial charge in [-0.1, -0.05) is 13.8 Å². The van der Waals surface area contributed by atoms with Gasteiger partial charge < -0.3 is 16.0 Å². The van der Waals surface area contributed by atoms with Gasteiger partial charge in [-0.2, -0.15) is 0 Å². The summed E-state index contributed by atoms with van der Waals surface area (Å²) in [4.78, 5) is 14.1. The molecule has 3 N–H and O–H groups in total. The summed E-state index contributed by atoms with van der Waals surface area (Å²) in [6, 6.07) is 3.51. The number of hydrogen-bond donors (Lipinski definition) is 2. The van der Waals surface area contributed by atoms with Gasteiger partial charge in [0.05, 0.1) is 5.69 Å². The lowest BCUT2D eigenvalue weighted by molar-refractivity contribution is -0.116. The first kappa shape index (κ1) is 14.9. The molecule has 3 rings (SSSR count). The fraction of sp³-hybridized carbons (Fsp3) is 0.562. The molecule has 21 heavy (non-hydrogen) atoms. The third-order valence-electron chi connectivity index (χ3n) is 5.27. The quantitative estimate of drug-likeness (QED) is 0.876. The highest BCUT2D eigenvalue weighted by Crippen LogP contribution is 2.43. The van der Waals surface area contributed by atoms with Crippen molar-refractivity contribution in [2.45, 2.75) is 39.2 Å². The van der Waals surface area contributed by atoms with Crippen LogP contribution < -0.4 is 16.0 Å². The Bertz CT molecular complexity index is 583. The first-order valence-corrected chi connectivity index (χ1v) is 8.44. The third-order valence-corrected chi connectivity index (χ3v) is 5.91. The van der Waals surface area contributed by atoms with Gasteiger partial charge >= 0.3 is 0 Å². The zero-order chi connectivity index (χ0) is 15.2. The number of carbonyl (C=O) groups is 1. The van der Waals surface area contributed by atoms with Crippen LogP contribution in [0.3, 0.4) is 0 Å². The van der Waals surface area contributed by atoms with Crippen LogP contribution in [0.1, 0.15) is 44.7 Å². The monoisotopic (exact) mass is 351 g/mol. The van der Waals surface area contributed by atoms with Gasteiger partial charge in [0, 0.05) is 28.8 Å². The lowest BCUT2D eigenvalue weighted by atomic mass is 9.82. The van der Waals surface area contributed by atoms with E-state index in [1.54, 1.807) is 0 Å². The molecular weight excluding hydrogens is 330 g/mol. The summed E-state index contributed by atoms with van der Waals surface area (Å²) in [5, 5.41) is 2.88. The average Bonchev–Trinajstić information content (AvgIpc) is 3.03. The molecule has 4 nitrogen and oxygen atoms in total. The van der Waals surface area contributed by atoms with Crippen LogP contribution >= 0.6 is 15.9 Å². The summed E-state index contributed by atoms with van der Waals surface area (Å²) < 4.78 is 1.02. The largest absolute Gasteiger partial charge is 0.370 e. The van der Waals surface area contributed by atoms with Gasteiger partial charge in [0.15, 0.2) is 0 Å². The molecule has 5 heteroatoms. The smallest absolute Gasteiger partial charge is 0.245 e. The minimum Gasteiger partial charge on any atom is -0.370 e. The average molecular weight is 352 g/mol. The summed E-state index contributed by atoms with van der Waals surface area (Å²) >= 11 is 3.65. The second-order valence-electron chi connectivity index (χ2n) is 6.24. The van der Waals surface area contributed by atoms with Crippen molar-refractivity contribution >= 4 is 33.2 Å². The molecule has 1 fully saturated rings. The van der Waals surface area contributed by atoms with Crippen molar-refractivity contribution in [2.24, 2.45) is 11.1 Å². The molecule has 0 radical (unpaired) electrons. The topological polar surface area (TPSA) is 58.4 Å². The number of hydrogen-bond acceptors (Lipinski definition) is 3. The van der Waals surface area contributed by atoms with E-state index in [0.717, 1.165) is 34.5 Å². The van der Waals surface area contributed by atoms with Crippen molar-refractivity contribution < 1.29 is 4.79 Å². The molecule has 0 spiro atoms. The first-order valence-electron chi connectivity index (χ1n) is 7.64. The molecule has 1 amide bonds. The van der Waals surface area contributed by atoms with E-state index in [-0.39, 0.29) is 5.91 Å². The molecule has 1 aromatic carbocycles. The second-order valence-corrected chi connectivity index (χ2v) is 7.09. The third kappa shape index (κ3) is 2.36. The maximum Gasteiger partial charge on any atom is 0.245 e. The number of benzene rings is 1. The molecule has 1 unspecified atom stereocenters. The van der Waals surface area contributed by atoms with Crippen LogP contribution in [0.2, 0.25) is 0 Å². The predicted molar refractivity (Wildman–Crippen MR) is 89.5 cm³/mol. The normalized spacial score (nSPS) is 23.3. The van der Waals surface area contributed by atoms with Crippen molar-refractivity contribution in [3.63, 3.8) is 0 Å². The molecule has 1 saturated heterocycles. The minimum atomic E-state index is -0.547. The van der Waals surface area contributed by atoms with Crippen LogP contribution in [0, 0.1) is 5.41 Å². The van der Waals surface area contributed by atoms with Gasteiger partial charge in [0.1, 0.15) is 6.04 Å². The number of fused-ring (bicyclic) bond motifs is 1. The van der Waals surface area contributed by atoms with Crippen LogP contribution in [-0.2, 0) is 4.79 Å². The van der Waals surface area contributed by atoms with Gasteiger partial charge in [-0.3, -0.25) is 4.79 Å². The number of halogens is 1. The summed E-state index contributed by atoms with van der Waals surface area (Å²) in [6.07, 6.45) is 3.66. The standard InChI is InChI=1S/C16H22BrN3O/c1-3-16(4-2)5-6-20(9-16)13-8-12-10(7-11(13)17)14(18)15(21)19-12/h7-8,14H,3-6,9,18H2,1-2H3,(H,19,21). The van der Waals surface area contributed by atoms with E-state index in [4.69, 9.17) is 5.73 Å². The van der Waals surface area contributed by atoms with E-state index < -0.39 is 6.04 Å². The molecule has 0 bridgehead atoms. The Morgan fingerprint density at radius 2 is 2.14 bits per heavy atom. The maximum absolute atomic E-state index is 11.7. The van der Waals surface area contributed by atoms with Crippen LogP contribution in [0.25, 0.3) is 0 Å². The molecule has 2 aliphatic heterocycles. The van der Waals surface area contributed by atoms with Crippen molar-refractivity contribution in [1.29, 1.82) is 0 Å². The number of rotatable bonds is 3. The Labute approximate surface area is 134 Å². The second kappa shape index (κ2) is 5.29. The Balaban J connectivity index is 1.92. The van der Waals surface area contributed by atoms with Crippen molar-refractivity contribution in [1.82, 2.24) is 0 Å². The van der Waals surface area contributed by atoms with Gasteiger partial charge in [-0.15, -0.1) is 0 Å². The van der Waals surface area contributed by atoms with E-state index in [9.17, 15) is 4.79 Å². The van der Waals surface area contributed by atoms with Crippen LogP contribution in [-0.4, -0.2) is 19.0 Å². The summed E-state index contributed by atoms with van der Waals surface area (Å²) in [6.45, 7) is 6.71. The van der Waals surface area contributed by atoms with Gasteiger partial charge in [0.25, 0.3) is 0 Å². The molecule has 1 aromatic rings. The minimum absolute atomic E-state index is 0.119.